The summed E-state index contributed by atoms with van der Waals surface area (Å²) in [6, 6.07) is 7.67. The van der Waals surface area contributed by atoms with E-state index in [0.717, 1.165) is 54.3 Å². The van der Waals surface area contributed by atoms with Crippen molar-refractivity contribution in [1.82, 2.24) is 9.47 Å². The number of carbonyl (C=O) groups excluding carboxylic acids is 2. The molecule has 1 saturated heterocycles. The Morgan fingerprint density at radius 3 is 2.32 bits per heavy atom. The third-order valence-electron chi connectivity index (χ3n) is 6.23. The van der Waals surface area contributed by atoms with E-state index >= 15 is 0 Å². The van der Waals surface area contributed by atoms with Gasteiger partial charge in [0.15, 0.2) is 0 Å². The molecular weight excluding hydrogens is 352 g/mol. The van der Waals surface area contributed by atoms with Crippen LogP contribution in [0.1, 0.15) is 41.0 Å². The first-order chi connectivity index (χ1) is 13.4. The van der Waals surface area contributed by atoms with Gasteiger partial charge in [0.05, 0.1) is 23.6 Å². The molecule has 6 heteroatoms. The van der Waals surface area contributed by atoms with Crippen molar-refractivity contribution in [2.24, 2.45) is 7.05 Å². The van der Waals surface area contributed by atoms with Gasteiger partial charge in [-0.1, -0.05) is 18.6 Å². The molecule has 0 aliphatic carbocycles. The zero-order valence-electron chi connectivity index (χ0n) is 17.2. The number of anilines is 3. The molecule has 0 radical (unpaired) electrons. The van der Waals surface area contributed by atoms with Gasteiger partial charge in [-0.2, -0.15) is 0 Å². The van der Waals surface area contributed by atoms with E-state index in [0.29, 0.717) is 12.2 Å². The van der Waals surface area contributed by atoms with Crippen LogP contribution in [0.3, 0.4) is 0 Å². The first kappa shape index (κ1) is 18.7. The van der Waals surface area contributed by atoms with Crippen LogP contribution in [0, 0.1) is 13.8 Å². The van der Waals surface area contributed by atoms with E-state index in [1.807, 2.05) is 49.7 Å². The third-order valence-corrected chi connectivity index (χ3v) is 6.23. The zero-order chi connectivity index (χ0) is 20.0. The van der Waals surface area contributed by atoms with Gasteiger partial charge >= 0.3 is 0 Å². The van der Waals surface area contributed by atoms with Crippen molar-refractivity contribution < 1.29 is 9.59 Å². The van der Waals surface area contributed by atoms with Gasteiger partial charge in [0.2, 0.25) is 5.91 Å². The molecule has 3 heterocycles. The van der Waals surface area contributed by atoms with Gasteiger partial charge in [-0.3, -0.25) is 19.4 Å². The Bertz CT molecular complexity index is 940. The molecule has 0 bridgehead atoms. The maximum absolute atomic E-state index is 13.6. The highest BCUT2D eigenvalue weighted by Gasteiger charge is 2.37. The predicted molar refractivity (Wildman–Crippen MR) is 111 cm³/mol. The Morgan fingerprint density at radius 1 is 1.00 bits per heavy atom. The molecule has 2 amide bonds. The van der Waals surface area contributed by atoms with E-state index in [4.69, 9.17) is 0 Å². The SMILES string of the molecule is Cc1c2c(n(C)c1C)C(=O)N(C)c1ccccc1N2C(=O)CN1CCCCC1. The number of hydrogen-bond donors (Lipinski definition) is 0. The summed E-state index contributed by atoms with van der Waals surface area (Å²) in [5, 5.41) is 0. The summed E-state index contributed by atoms with van der Waals surface area (Å²) in [6.45, 7) is 6.28. The van der Waals surface area contributed by atoms with Crippen LogP contribution < -0.4 is 9.80 Å². The van der Waals surface area contributed by atoms with Crippen molar-refractivity contribution in [3.05, 3.63) is 41.2 Å². The average Bonchev–Trinajstić information content (AvgIpc) is 2.86. The highest BCUT2D eigenvalue weighted by Crippen LogP contribution is 2.43. The first-order valence-electron chi connectivity index (χ1n) is 10.00. The molecule has 2 aromatic rings. The lowest BCUT2D eigenvalue weighted by molar-refractivity contribution is -0.119. The number of benzene rings is 1. The molecule has 2 aliphatic heterocycles. The lowest BCUT2D eigenvalue weighted by atomic mass is 10.1. The standard InChI is InChI=1S/C22H28N4O2/c1-15-16(2)23(3)21-20(15)26(19(27)14-25-12-8-5-9-13-25)18-11-7-6-10-17(18)24(4)22(21)28/h6-7,10-11H,5,8-9,12-14H2,1-4H3. The summed E-state index contributed by atoms with van der Waals surface area (Å²) < 4.78 is 1.91. The fourth-order valence-electron chi connectivity index (χ4n) is 4.41. The second kappa shape index (κ2) is 7.09. The Labute approximate surface area is 166 Å². The Morgan fingerprint density at radius 2 is 1.64 bits per heavy atom. The van der Waals surface area contributed by atoms with E-state index in [2.05, 4.69) is 4.90 Å². The van der Waals surface area contributed by atoms with E-state index in [1.54, 1.807) is 16.8 Å². The molecule has 1 fully saturated rings. The van der Waals surface area contributed by atoms with Crippen LogP contribution in [0.25, 0.3) is 0 Å². The number of rotatable bonds is 2. The van der Waals surface area contributed by atoms with Crippen LogP contribution >= 0.6 is 0 Å². The monoisotopic (exact) mass is 380 g/mol. The molecule has 2 aliphatic rings. The van der Waals surface area contributed by atoms with Gasteiger partial charge in [0.25, 0.3) is 5.91 Å². The van der Waals surface area contributed by atoms with Crippen molar-refractivity contribution in [3.8, 4) is 0 Å². The minimum atomic E-state index is -0.0885. The van der Waals surface area contributed by atoms with Crippen LogP contribution in [-0.4, -0.2) is 48.0 Å². The van der Waals surface area contributed by atoms with Gasteiger partial charge in [0, 0.05) is 19.8 Å². The summed E-state index contributed by atoms with van der Waals surface area (Å²) in [5.41, 5.74) is 4.80. The largest absolute Gasteiger partial charge is 0.342 e. The molecule has 28 heavy (non-hydrogen) atoms. The number of carbonyl (C=O) groups is 2. The molecule has 6 nitrogen and oxygen atoms in total. The number of hydrogen-bond acceptors (Lipinski definition) is 3. The number of piperidine rings is 1. The highest BCUT2D eigenvalue weighted by molar-refractivity contribution is 6.19. The minimum absolute atomic E-state index is 0.0207. The maximum atomic E-state index is 13.6. The quantitative estimate of drug-likeness (QED) is 0.802. The molecule has 0 spiro atoms. The molecule has 1 aromatic heterocycles. The van der Waals surface area contributed by atoms with Gasteiger partial charge in [0.1, 0.15) is 5.69 Å². The molecule has 1 aromatic carbocycles. The zero-order valence-corrected chi connectivity index (χ0v) is 17.2. The fourth-order valence-corrected chi connectivity index (χ4v) is 4.41. The number of fused-ring (bicyclic) bond motifs is 2. The first-order valence-corrected chi connectivity index (χ1v) is 10.00. The number of aromatic nitrogens is 1. The van der Waals surface area contributed by atoms with Crippen LogP contribution in [0.15, 0.2) is 24.3 Å². The molecule has 0 unspecified atom stereocenters. The Hall–Kier alpha value is -2.60. The van der Waals surface area contributed by atoms with Crippen molar-refractivity contribution in [3.63, 3.8) is 0 Å². The smallest absolute Gasteiger partial charge is 0.276 e. The fraction of sp³-hybridized carbons (Fsp3) is 0.455. The van der Waals surface area contributed by atoms with E-state index in [9.17, 15) is 9.59 Å². The minimum Gasteiger partial charge on any atom is -0.342 e. The summed E-state index contributed by atoms with van der Waals surface area (Å²) in [6.07, 6.45) is 3.51. The van der Waals surface area contributed by atoms with Crippen molar-refractivity contribution in [2.45, 2.75) is 33.1 Å². The van der Waals surface area contributed by atoms with E-state index in [-0.39, 0.29) is 11.8 Å². The number of para-hydroxylation sites is 2. The van der Waals surface area contributed by atoms with E-state index < -0.39 is 0 Å². The molecule has 0 atom stereocenters. The summed E-state index contributed by atoms with van der Waals surface area (Å²) in [4.78, 5) is 32.5. The summed E-state index contributed by atoms with van der Waals surface area (Å²) in [7, 11) is 3.68. The van der Waals surface area contributed by atoms with Crippen molar-refractivity contribution >= 4 is 28.9 Å². The summed E-state index contributed by atoms with van der Waals surface area (Å²) in [5.74, 6) is -0.0678. The molecule has 4 rings (SSSR count). The van der Waals surface area contributed by atoms with Gasteiger partial charge in [-0.25, -0.2) is 0 Å². The maximum Gasteiger partial charge on any atom is 0.276 e. The van der Waals surface area contributed by atoms with Crippen molar-refractivity contribution in [1.29, 1.82) is 0 Å². The lowest BCUT2D eigenvalue weighted by Crippen LogP contribution is -2.40. The van der Waals surface area contributed by atoms with Crippen LogP contribution in [-0.2, 0) is 11.8 Å². The molecule has 148 valence electrons. The van der Waals surface area contributed by atoms with E-state index in [1.165, 1.54) is 6.42 Å². The Balaban J connectivity index is 1.88. The molecule has 0 saturated carbocycles. The predicted octanol–water partition coefficient (Wildman–Crippen LogP) is 3.38. The topological polar surface area (TPSA) is 48.8 Å². The molecular formula is C22H28N4O2. The van der Waals surface area contributed by atoms with Crippen LogP contribution in [0.2, 0.25) is 0 Å². The van der Waals surface area contributed by atoms with Crippen LogP contribution in [0.5, 0.6) is 0 Å². The average molecular weight is 380 g/mol. The second-order valence-corrected chi connectivity index (χ2v) is 7.89. The third kappa shape index (κ3) is 2.83. The van der Waals surface area contributed by atoms with Crippen molar-refractivity contribution in [2.75, 3.05) is 36.5 Å². The second-order valence-electron chi connectivity index (χ2n) is 7.89. The number of nitrogens with zero attached hydrogens (tertiary/aromatic N) is 4. The number of likely N-dealkylation sites (tertiary alicyclic amines) is 1. The van der Waals surface area contributed by atoms with Gasteiger partial charge < -0.3 is 9.47 Å². The molecule has 0 N–H and O–H groups in total. The summed E-state index contributed by atoms with van der Waals surface area (Å²) >= 11 is 0. The normalized spacial score (nSPS) is 17.4. The Kier molecular flexibility index (Phi) is 4.75. The van der Waals surface area contributed by atoms with Crippen LogP contribution in [0.4, 0.5) is 17.1 Å². The lowest BCUT2D eigenvalue weighted by Gasteiger charge is -2.30. The highest BCUT2D eigenvalue weighted by atomic mass is 16.2. The number of amides is 2. The van der Waals surface area contributed by atoms with Gasteiger partial charge in [-0.05, 0) is 57.5 Å². The van der Waals surface area contributed by atoms with Gasteiger partial charge in [-0.15, -0.1) is 0 Å².